The van der Waals surface area contributed by atoms with Crippen LogP contribution in [0, 0.1) is 0 Å². The molecule has 0 radical (unpaired) electrons. The lowest BCUT2D eigenvalue weighted by atomic mass is 10.3. The van der Waals surface area contributed by atoms with Crippen molar-refractivity contribution in [2.75, 3.05) is 6.61 Å². The standard InChI is InChI=1S/C11H9F3N2O4/c1-2-18-9-15-16(10(17)19-9)7-4-3-5-8(6-7)20-11(12,13)14/h3-6H,2H2,1H3. The summed E-state index contributed by atoms with van der Waals surface area (Å²) in [7, 11) is 0. The highest BCUT2D eigenvalue weighted by Gasteiger charge is 2.31. The van der Waals surface area contributed by atoms with Crippen molar-refractivity contribution in [1.82, 2.24) is 9.78 Å². The van der Waals surface area contributed by atoms with Crippen LogP contribution in [0.4, 0.5) is 13.2 Å². The highest BCUT2D eigenvalue weighted by atomic mass is 19.4. The van der Waals surface area contributed by atoms with E-state index in [-0.39, 0.29) is 18.4 Å². The van der Waals surface area contributed by atoms with Crippen LogP contribution in [0.1, 0.15) is 6.92 Å². The number of rotatable bonds is 4. The van der Waals surface area contributed by atoms with E-state index in [2.05, 4.69) is 14.3 Å². The van der Waals surface area contributed by atoms with Gasteiger partial charge in [0.25, 0.3) is 0 Å². The van der Waals surface area contributed by atoms with Crippen molar-refractivity contribution in [1.29, 1.82) is 0 Å². The van der Waals surface area contributed by atoms with Crippen LogP contribution in [0.3, 0.4) is 0 Å². The summed E-state index contributed by atoms with van der Waals surface area (Å²) >= 11 is 0. The molecule has 0 aliphatic rings. The summed E-state index contributed by atoms with van der Waals surface area (Å²) in [4.78, 5) is 11.5. The maximum Gasteiger partial charge on any atom is 0.573 e. The largest absolute Gasteiger partial charge is 0.573 e. The molecule has 0 spiro atoms. The molecule has 1 heterocycles. The van der Waals surface area contributed by atoms with E-state index in [0.29, 0.717) is 0 Å². The molecule has 0 bridgehead atoms. The normalized spacial score (nSPS) is 11.4. The van der Waals surface area contributed by atoms with Gasteiger partial charge in [-0.3, -0.25) is 0 Å². The van der Waals surface area contributed by atoms with Crippen molar-refractivity contribution in [3.63, 3.8) is 0 Å². The zero-order chi connectivity index (χ0) is 14.8. The Bertz CT molecular complexity index is 648. The molecule has 1 aromatic carbocycles. The summed E-state index contributed by atoms with van der Waals surface area (Å²) in [6.45, 7) is 1.90. The summed E-state index contributed by atoms with van der Waals surface area (Å²) in [5, 5.41) is 3.69. The number of nitrogens with zero attached hydrogens (tertiary/aromatic N) is 2. The van der Waals surface area contributed by atoms with E-state index in [4.69, 9.17) is 4.74 Å². The van der Waals surface area contributed by atoms with Gasteiger partial charge in [0, 0.05) is 6.07 Å². The van der Waals surface area contributed by atoms with Crippen LogP contribution in [-0.2, 0) is 0 Å². The van der Waals surface area contributed by atoms with E-state index in [1.807, 2.05) is 0 Å². The highest BCUT2D eigenvalue weighted by molar-refractivity contribution is 5.38. The number of ether oxygens (including phenoxy) is 2. The van der Waals surface area contributed by atoms with Gasteiger partial charge in [-0.25, -0.2) is 4.79 Å². The summed E-state index contributed by atoms with van der Waals surface area (Å²) in [5.74, 6) is -1.35. The number of benzene rings is 1. The molecule has 0 atom stereocenters. The highest BCUT2D eigenvalue weighted by Crippen LogP contribution is 2.24. The molecule has 0 fully saturated rings. The Hall–Kier alpha value is -2.45. The van der Waals surface area contributed by atoms with Gasteiger partial charge in [0.15, 0.2) is 0 Å². The molecule has 0 saturated carbocycles. The van der Waals surface area contributed by atoms with Gasteiger partial charge >= 0.3 is 18.2 Å². The second kappa shape index (κ2) is 5.27. The second-order valence-electron chi connectivity index (χ2n) is 3.52. The second-order valence-corrected chi connectivity index (χ2v) is 3.52. The number of hydrogen-bond donors (Lipinski definition) is 0. The first-order chi connectivity index (χ1) is 9.39. The van der Waals surface area contributed by atoms with E-state index >= 15 is 0 Å². The third-order valence-electron chi connectivity index (χ3n) is 2.09. The molecule has 0 unspecified atom stereocenters. The van der Waals surface area contributed by atoms with Gasteiger partial charge in [0.1, 0.15) is 5.75 Å². The molecule has 0 N–H and O–H groups in total. The van der Waals surface area contributed by atoms with Crippen molar-refractivity contribution >= 4 is 0 Å². The van der Waals surface area contributed by atoms with Gasteiger partial charge in [0.05, 0.1) is 12.3 Å². The molecular formula is C11H9F3N2O4. The van der Waals surface area contributed by atoms with E-state index in [1.54, 1.807) is 6.92 Å². The van der Waals surface area contributed by atoms with Crippen LogP contribution >= 0.6 is 0 Å². The number of aromatic nitrogens is 2. The Labute approximate surface area is 110 Å². The van der Waals surface area contributed by atoms with Crippen LogP contribution in [0.25, 0.3) is 5.69 Å². The van der Waals surface area contributed by atoms with Crippen molar-refractivity contribution in [2.24, 2.45) is 0 Å². The first-order valence-corrected chi connectivity index (χ1v) is 5.48. The fourth-order valence-electron chi connectivity index (χ4n) is 1.42. The van der Waals surface area contributed by atoms with Gasteiger partial charge < -0.3 is 13.9 Å². The quantitative estimate of drug-likeness (QED) is 0.863. The Morgan fingerprint density at radius 3 is 2.80 bits per heavy atom. The molecule has 20 heavy (non-hydrogen) atoms. The van der Waals surface area contributed by atoms with E-state index in [1.165, 1.54) is 12.1 Å². The Balaban J connectivity index is 2.33. The lowest BCUT2D eigenvalue weighted by Crippen LogP contribution is -2.18. The molecule has 2 aromatic rings. The SMILES string of the molecule is CCOc1nn(-c2cccc(OC(F)(F)F)c2)c(=O)o1. The summed E-state index contributed by atoms with van der Waals surface area (Å²) in [6.07, 6.45) is -5.08. The lowest BCUT2D eigenvalue weighted by Gasteiger charge is -2.09. The first-order valence-electron chi connectivity index (χ1n) is 5.48. The predicted octanol–water partition coefficient (Wildman–Crippen LogP) is 2.12. The van der Waals surface area contributed by atoms with E-state index in [0.717, 1.165) is 16.8 Å². The average molecular weight is 290 g/mol. The number of hydrogen-bond acceptors (Lipinski definition) is 5. The maximum absolute atomic E-state index is 12.1. The van der Waals surface area contributed by atoms with E-state index < -0.39 is 17.9 Å². The molecule has 1 aromatic heterocycles. The van der Waals surface area contributed by atoms with Gasteiger partial charge in [-0.15, -0.1) is 13.2 Å². The summed E-state index contributed by atoms with van der Waals surface area (Å²) < 4.78 is 50.4. The van der Waals surface area contributed by atoms with Crippen LogP contribution in [-0.4, -0.2) is 22.7 Å². The zero-order valence-electron chi connectivity index (χ0n) is 10.2. The zero-order valence-corrected chi connectivity index (χ0v) is 10.2. The molecule has 9 heteroatoms. The number of halogens is 3. The molecule has 0 amide bonds. The van der Waals surface area contributed by atoms with Crippen molar-refractivity contribution in [3.05, 3.63) is 34.8 Å². The molecule has 0 aliphatic carbocycles. The van der Waals surface area contributed by atoms with Crippen LogP contribution in [0.2, 0.25) is 0 Å². The monoisotopic (exact) mass is 290 g/mol. The Kier molecular flexibility index (Phi) is 3.68. The van der Waals surface area contributed by atoms with Gasteiger partial charge in [-0.05, 0) is 19.1 Å². The summed E-state index contributed by atoms with van der Waals surface area (Å²) in [6, 6.07) is 4.78. The van der Waals surface area contributed by atoms with Crippen LogP contribution < -0.4 is 15.2 Å². The molecule has 0 aliphatic heterocycles. The molecule has 108 valence electrons. The average Bonchev–Trinajstić information content (AvgIpc) is 2.69. The fourth-order valence-corrected chi connectivity index (χ4v) is 1.42. The van der Waals surface area contributed by atoms with Crippen molar-refractivity contribution < 1.29 is 27.1 Å². The topological polar surface area (TPSA) is 66.5 Å². The minimum atomic E-state index is -4.82. The minimum absolute atomic E-state index is 0.0615. The Morgan fingerprint density at radius 1 is 1.40 bits per heavy atom. The van der Waals surface area contributed by atoms with Crippen molar-refractivity contribution in [3.8, 4) is 17.5 Å². The van der Waals surface area contributed by atoms with Crippen molar-refractivity contribution in [2.45, 2.75) is 13.3 Å². The first kappa shape index (κ1) is 14.0. The van der Waals surface area contributed by atoms with Crippen LogP contribution in [0.5, 0.6) is 11.8 Å². The van der Waals surface area contributed by atoms with Gasteiger partial charge in [-0.2, -0.15) is 4.68 Å². The summed E-state index contributed by atoms with van der Waals surface area (Å²) in [5.41, 5.74) is 0.0615. The number of alkyl halides is 3. The molecular weight excluding hydrogens is 281 g/mol. The molecule has 2 rings (SSSR count). The van der Waals surface area contributed by atoms with Crippen LogP contribution in [0.15, 0.2) is 33.5 Å². The minimum Gasteiger partial charge on any atom is -0.449 e. The molecule has 6 nitrogen and oxygen atoms in total. The lowest BCUT2D eigenvalue weighted by molar-refractivity contribution is -0.274. The van der Waals surface area contributed by atoms with Gasteiger partial charge in [0.2, 0.25) is 0 Å². The fraction of sp³-hybridized carbons (Fsp3) is 0.273. The maximum atomic E-state index is 12.1. The third kappa shape index (κ3) is 3.31. The molecule has 0 saturated heterocycles. The van der Waals surface area contributed by atoms with E-state index in [9.17, 15) is 18.0 Å². The van der Waals surface area contributed by atoms with Gasteiger partial charge in [-0.1, -0.05) is 11.2 Å². The predicted molar refractivity (Wildman–Crippen MR) is 60.0 cm³/mol. The third-order valence-corrected chi connectivity index (χ3v) is 2.09. The Morgan fingerprint density at radius 2 is 2.15 bits per heavy atom. The smallest absolute Gasteiger partial charge is 0.449 e.